The molecule has 0 aromatic heterocycles. The summed E-state index contributed by atoms with van der Waals surface area (Å²) in [6, 6.07) is 8.22. The average Bonchev–Trinajstić information content (AvgIpc) is 2.90. The van der Waals surface area contributed by atoms with E-state index in [-0.39, 0.29) is 0 Å². The Morgan fingerprint density at radius 3 is 2.92 bits per heavy atom. The normalized spacial score (nSPS) is 15.8. The van der Waals surface area contributed by atoms with Crippen molar-refractivity contribution in [2.75, 3.05) is 6.54 Å². The van der Waals surface area contributed by atoms with Crippen LogP contribution in [0.1, 0.15) is 18.4 Å². The first-order valence-corrected chi connectivity index (χ1v) is 4.84. The van der Waals surface area contributed by atoms with E-state index in [9.17, 15) is 0 Å². The van der Waals surface area contributed by atoms with Gasteiger partial charge in [0.1, 0.15) is 5.75 Å². The summed E-state index contributed by atoms with van der Waals surface area (Å²) in [6.07, 6.45) is 3.83. The summed E-state index contributed by atoms with van der Waals surface area (Å²) in [5, 5.41) is 0. The van der Waals surface area contributed by atoms with Crippen LogP contribution >= 0.6 is 0 Å². The molecule has 1 aliphatic carbocycles. The van der Waals surface area contributed by atoms with Crippen molar-refractivity contribution in [3.05, 3.63) is 29.8 Å². The van der Waals surface area contributed by atoms with E-state index in [1.807, 2.05) is 12.1 Å². The van der Waals surface area contributed by atoms with Gasteiger partial charge in [-0.15, -0.1) is 0 Å². The highest BCUT2D eigenvalue weighted by molar-refractivity contribution is 5.29. The molecule has 1 aromatic rings. The van der Waals surface area contributed by atoms with Crippen LogP contribution in [0.3, 0.4) is 0 Å². The Morgan fingerprint density at radius 1 is 1.38 bits per heavy atom. The van der Waals surface area contributed by atoms with Crippen molar-refractivity contribution in [1.29, 1.82) is 0 Å². The molecule has 0 aliphatic heterocycles. The summed E-state index contributed by atoms with van der Waals surface area (Å²) < 4.78 is 5.67. The summed E-state index contributed by atoms with van der Waals surface area (Å²) in [6.45, 7) is 0.701. The zero-order chi connectivity index (χ0) is 9.10. The highest BCUT2D eigenvalue weighted by atomic mass is 16.5. The Bertz CT molecular complexity index is 281. The predicted molar refractivity (Wildman–Crippen MR) is 52.9 cm³/mol. The fraction of sp³-hybridized carbons (Fsp3) is 0.455. The van der Waals surface area contributed by atoms with Gasteiger partial charge in [-0.2, -0.15) is 0 Å². The molecule has 0 atom stereocenters. The first kappa shape index (κ1) is 8.57. The average molecular weight is 177 g/mol. The lowest BCUT2D eigenvalue weighted by Crippen LogP contribution is -2.03. The lowest BCUT2D eigenvalue weighted by atomic mass is 10.1. The Morgan fingerprint density at radius 2 is 2.23 bits per heavy atom. The summed E-state index contributed by atoms with van der Waals surface area (Å²) in [5.74, 6) is 0.994. The van der Waals surface area contributed by atoms with Gasteiger partial charge in [0.2, 0.25) is 0 Å². The van der Waals surface area contributed by atoms with Gasteiger partial charge in [-0.05, 0) is 43.5 Å². The van der Waals surface area contributed by atoms with Crippen molar-refractivity contribution in [3.8, 4) is 5.75 Å². The fourth-order valence-corrected chi connectivity index (χ4v) is 1.32. The highest BCUT2D eigenvalue weighted by Gasteiger charge is 2.23. The van der Waals surface area contributed by atoms with Crippen molar-refractivity contribution in [2.45, 2.75) is 25.4 Å². The molecule has 2 heteroatoms. The van der Waals surface area contributed by atoms with E-state index in [2.05, 4.69) is 12.1 Å². The maximum atomic E-state index is 5.67. The minimum atomic E-state index is 0.480. The quantitative estimate of drug-likeness (QED) is 0.760. The van der Waals surface area contributed by atoms with Crippen LogP contribution in [-0.2, 0) is 6.42 Å². The van der Waals surface area contributed by atoms with E-state index in [1.54, 1.807) is 0 Å². The van der Waals surface area contributed by atoms with E-state index >= 15 is 0 Å². The third kappa shape index (κ3) is 2.46. The molecule has 0 radical (unpaired) electrons. The molecule has 2 rings (SSSR count). The van der Waals surface area contributed by atoms with E-state index in [1.165, 1.54) is 18.4 Å². The summed E-state index contributed by atoms with van der Waals surface area (Å²) in [5.41, 5.74) is 6.75. The summed E-state index contributed by atoms with van der Waals surface area (Å²) in [4.78, 5) is 0. The summed E-state index contributed by atoms with van der Waals surface area (Å²) in [7, 11) is 0. The molecule has 0 spiro atoms. The first-order valence-electron chi connectivity index (χ1n) is 4.84. The van der Waals surface area contributed by atoms with Gasteiger partial charge in [0.05, 0.1) is 6.10 Å². The van der Waals surface area contributed by atoms with Crippen LogP contribution in [0.25, 0.3) is 0 Å². The second kappa shape index (κ2) is 3.79. The second-order valence-electron chi connectivity index (χ2n) is 3.50. The van der Waals surface area contributed by atoms with Crippen LogP contribution in [0.2, 0.25) is 0 Å². The molecule has 2 nitrogen and oxygen atoms in total. The molecule has 1 aliphatic rings. The Balaban J connectivity index is 2.02. The van der Waals surface area contributed by atoms with Gasteiger partial charge in [0.25, 0.3) is 0 Å². The van der Waals surface area contributed by atoms with E-state index < -0.39 is 0 Å². The van der Waals surface area contributed by atoms with Gasteiger partial charge < -0.3 is 10.5 Å². The smallest absolute Gasteiger partial charge is 0.119 e. The Labute approximate surface area is 78.7 Å². The van der Waals surface area contributed by atoms with Gasteiger partial charge in [-0.1, -0.05) is 12.1 Å². The van der Waals surface area contributed by atoms with Gasteiger partial charge in [-0.25, -0.2) is 0 Å². The number of ether oxygens (including phenoxy) is 1. The topological polar surface area (TPSA) is 35.2 Å². The van der Waals surface area contributed by atoms with Crippen molar-refractivity contribution >= 4 is 0 Å². The van der Waals surface area contributed by atoms with Crippen LogP contribution in [0, 0.1) is 0 Å². The van der Waals surface area contributed by atoms with Crippen LogP contribution in [-0.4, -0.2) is 12.6 Å². The zero-order valence-corrected chi connectivity index (χ0v) is 7.70. The number of nitrogens with two attached hydrogens (primary N) is 1. The molecule has 0 bridgehead atoms. The van der Waals surface area contributed by atoms with E-state index in [0.29, 0.717) is 12.6 Å². The van der Waals surface area contributed by atoms with Crippen LogP contribution in [0.15, 0.2) is 24.3 Å². The van der Waals surface area contributed by atoms with Crippen molar-refractivity contribution < 1.29 is 4.74 Å². The van der Waals surface area contributed by atoms with E-state index in [0.717, 1.165) is 12.2 Å². The van der Waals surface area contributed by atoms with Crippen LogP contribution < -0.4 is 10.5 Å². The SMILES string of the molecule is NCCc1cccc(OC2CC2)c1. The van der Waals surface area contributed by atoms with Gasteiger partial charge >= 0.3 is 0 Å². The molecule has 1 aromatic carbocycles. The van der Waals surface area contributed by atoms with E-state index in [4.69, 9.17) is 10.5 Å². The predicted octanol–water partition coefficient (Wildman–Crippen LogP) is 1.73. The molecule has 0 unspecified atom stereocenters. The molecule has 2 N–H and O–H groups in total. The number of benzene rings is 1. The van der Waals surface area contributed by atoms with Gasteiger partial charge in [0, 0.05) is 0 Å². The third-order valence-electron chi connectivity index (χ3n) is 2.16. The third-order valence-corrected chi connectivity index (χ3v) is 2.16. The van der Waals surface area contributed by atoms with Crippen molar-refractivity contribution in [1.82, 2.24) is 0 Å². The molecular formula is C11H15NO. The molecule has 1 saturated carbocycles. The summed E-state index contributed by atoms with van der Waals surface area (Å²) >= 11 is 0. The molecule has 1 fully saturated rings. The number of rotatable bonds is 4. The molecule has 0 heterocycles. The van der Waals surface area contributed by atoms with Crippen LogP contribution in [0.5, 0.6) is 5.75 Å². The zero-order valence-electron chi connectivity index (χ0n) is 7.70. The van der Waals surface area contributed by atoms with Crippen molar-refractivity contribution in [2.24, 2.45) is 5.73 Å². The Hall–Kier alpha value is -1.02. The minimum Gasteiger partial charge on any atom is -0.490 e. The molecule has 70 valence electrons. The van der Waals surface area contributed by atoms with Gasteiger partial charge in [-0.3, -0.25) is 0 Å². The van der Waals surface area contributed by atoms with Crippen molar-refractivity contribution in [3.63, 3.8) is 0 Å². The standard InChI is InChI=1S/C11H15NO/c12-7-6-9-2-1-3-11(8-9)13-10-4-5-10/h1-3,8,10H,4-7,12H2. The molecule has 0 saturated heterocycles. The number of hydrogen-bond acceptors (Lipinski definition) is 2. The minimum absolute atomic E-state index is 0.480. The Kier molecular flexibility index (Phi) is 2.50. The van der Waals surface area contributed by atoms with Crippen LogP contribution in [0.4, 0.5) is 0 Å². The maximum absolute atomic E-state index is 5.67. The molecule has 13 heavy (non-hydrogen) atoms. The highest BCUT2D eigenvalue weighted by Crippen LogP contribution is 2.26. The maximum Gasteiger partial charge on any atom is 0.119 e. The lowest BCUT2D eigenvalue weighted by Gasteiger charge is -2.05. The second-order valence-corrected chi connectivity index (χ2v) is 3.50. The molecule has 0 amide bonds. The largest absolute Gasteiger partial charge is 0.490 e. The lowest BCUT2D eigenvalue weighted by molar-refractivity contribution is 0.303. The fourth-order valence-electron chi connectivity index (χ4n) is 1.32. The van der Waals surface area contributed by atoms with Gasteiger partial charge in [0.15, 0.2) is 0 Å². The first-order chi connectivity index (χ1) is 6.38. The monoisotopic (exact) mass is 177 g/mol. The molecular weight excluding hydrogens is 162 g/mol. The number of hydrogen-bond donors (Lipinski definition) is 1.